The normalized spacial score (nSPS) is 25.6. The van der Waals surface area contributed by atoms with Gasteiger partial charge in [0.15, 0.2) is 0 Å². The second-order valence-electron chi connectivity index (χ2n) is 5.81. The van der Waals surface area contributed by atoms with Crippen LogP contribution in [0, 0.1) is 0 Å². The van der Waals surface area contributed by atoms with Crippen molar-refractivity contribution in [1.82, 2.24) is 9.88 Å². The third-order valence-corrected chi connectivity index (χ3v) is 4.72. The minimum Gasteiger partial charge on any atom is -0.394 e. The molecule has 0 saturated carbocycles. The molecule has 0 spiro atoms. The van der Waals surface area contributed by atoms with Gasteiger partial charge < -0.3 is 15.0 Å². The van der Waals surface area contributed by atoms with Crippen LogP contribution >= 0.6 is 0 Å². The van der Waals surface area contributed by atoms with E-state index in [9.17, 15) is 9.90 Å². The zero-order valence-corrected chi connectivity index (χ0v) is 11.3. The van der Waals surface area contributed by atoms with Crippen molar-refractivity contribution in [2.45, 2.75) is 37.8 Å². The number of hydrogen-bond acceptors (Lipinski definition) is 2. The van der Waals surface area contributed by atoms with Crippen molar-refractivity contribution < 1.29 is 9.90 Å². The standard InChI is InChI=1S/C16H18N2O2/c19-9-10-8-12-11-4-1-2-5-13(11)17-16(12)14-6-3-7-15(20)18(10)14/h1-2,4-5,10,14,17,19H,3,6-9H2/t10-,14+/m1/s1. The van der Waals surface area contributed by atoms with Gasteiger partial charge in [-0.15, -0.1) is 0 Å². The first-order chi connectivity index (χ1) is 9.79. The van der Waals surface area contributed by atoms with Crippen molar-refractivity contribution in [1.29, 1.82) is 0 Å². The number of carbonyl (C=O) groups is 1. The van der Waals surface area contributed by atoms with Gasteiger partial charge in [0, 0.05) is 23.0 Å². The molecule has 0 radical (unpaired) electrons. The third kappa shape index (κ3) is 1.54. The predicted molar refractivity (Wildman–Crippen MR) is 76.3 cm³/mol. The number of aromatic amines is 1. The molecule has 1 amide bonds. The molecule has 2 aromatic rings. The summed E-state index contributed by atoms with van der Waals surface area (Å²) in [6.45, 7) is 0.0428. The Balaban J connectivity index is 1.90. The van der Waals surface area contributed by atoms with E-state index in [1.165, 1.54) is 16.6 Å². The number of nitrogens with zero attached hydrogens (tertiary/aromatic N) is 1. The Morgan fingerprint density at radius 2 is 2.20 bits per heavy atom. The minimum absolute atomic E-state index is 0.0428. The fraction of sp³-hybridized carbons (Fsp3) is 0.438. The number of H-pyrrole nitrogens is 1. The zero-order valence-electron chi connectivity index (χ0n) is 11.3. The van der Waals surface area contributed by atoms with Crippen LogP contribution in [0.5, 0.6) is 0 Å². The number of aliphatic hydroxyl groups is 1. The average Bonchev–Trinajstić information content (AvgIpc) is 2.85. The van der Waals surface area contributed by atoms with Crippen LogP contribution in [0.2, 0.25) is 0 Å². The van der Waals surface area contributed by atoms with Crippen LogP contribution in [0.15, 0.2) is 24.3 Å². The maximum atomic E-state index is 12.2. The van der Waals surface area contributed by atoms with Crippen molar-refractivity contribution in [3.8, 4) is 0 Å². The van der Waals surface area contributed by atoms with Crippen LogP contribution in [0.25, 0.3) is 10.9 Å². The van der Waals surface area contributed by atoms with Gasteiger partial charge in [-0.05, 0) is 30.9 Å². The van der Waals surface area contributed by atoms with Gasteiger partial charge in [-0.2, -0.15) is 0 Å². The Morgan fingerprint density at radius 3 is 3.05 bits per heavy atom. The molecule has 1 saturated heterocycles. The van der Waals surface area contributed by atoms with Gasteiger partial charge in [0.25, 0.3) is 0 Å². The third-order valence-electron chi connectivity index (χ3n) is 4.72. The number of amides is 1. The van der Waals surface area contributed by atoms with Gasteiger partial charge in [-0.25, -0.2) is 0 Å². The van der Waals surface area contributed by atoms with Gasteiger partial charge in [0.2, 0.25) is 5.91 Å². The number of piperidine rings is 1. The smallest absolute Gasteiger partial charge is 0.223 e. The van der Waals surface area contributed by atoms with Gasteiger partial charge in [-0.1, -0.05) is 18.2 Å². The number of hydrogen-bond donors (Lipinski definition) is 2. The first-order valence-electron chi connectivity index (χ1n) is 7.31. The highest BCUT2D eigenvalue weighted by Gasteiger charge is 2.40. The molecule has 4 rings (SSSR count). The Bertz CT molecular complexity index is 676. The van der Waals surface area contributed by atoms with Crippen molar-refractivity contribution in [3.63, 3.8) is 0 Å². The molecular formula is C16H18N2O2. The monoisotopic (exact) mass is 270 g/mol. The molecule has 0 bridgehead atoms. The molecule has 1 aromatic heterocycles. The van der Waals surface area contributed by atoms with E-state index in [2.05, 4.69) is 17.1 Å². The Kier molecular flexibility index (Phi) is 2.60. The summed E-state index contributed by atoms with van der Waals surface area (Å²) in [6, 6.07) is 8.32. The number of carbonyl (C=O) groups excluding carboxylic acids is 1. The molecule has 2 aliphatic heterocycles. The maximum absolute atomic E-state index is 12.2. The van der Waals surface area contributed by atoms with Crippen molar-refractivity contribution in [2.75, 3.05) is 6.61 Å². The number of nitrogens with one attached hydrogen (secondary N) is 1. The highest BCUT2D eigenvalue weighted by atomic mass is 16.3. The molecule has 104 valence electrons. The van der Waals surface area contributed by atoms with Gasteiger partial charge in [-0.3, -0.25) is 4.79 Å². The van der Waals surface area contributed by atoms with Crippen LogP contribution in [0.3, 0.4) is 0 Å². The molecule has 2 N–H and O–H groups in total. The van der Waals surface area contributed by atoms with E-state index >= 15 is 0 Å². The molecule has 4 nitrogen and oxygen atoms in total. The lowest BCUT2D eigenvalue weighted by Gasteiger charge is -2.44. The highest BCUT2D eigenvalue weighted by Crippen LogP contribution is 2.41. The minimum atomic E-state index is -0.0699. The summed E-state index contributed by atoms with van der Waals surface area (Å²) < 4.78 is 0. The molecule has 2 aliphatic rings. The van der Waals surface area contributed by atoms with Crippen molar-refractivity contribution in [3.05, 3.63) is 35.5 Å². The van der Waals surface area contributed by atoms with Gasteiger partial charge in [0.1, 0.15) is 0 Å². The van der Waals surface area contributed by atoms with E-state index in [0.29, 0.717) is 6.42 Å². The number of aliphatic hydroxyl groups excluding tert-OH is 1. The van der Waals surface area contributed by atoms with E-state index in [1.54, 1.807) is 0 Å². The van der Waals surface area contributed by atoms with Crippen LogP contribution in [0.1, 0.15) is 36.6 Å². The summed E-state index contributed by atoms with van der Waals surface area (Å²) in [4.78, 5) is 17.6. The fourth-order valence-electron chi connectivity index (χ4n) is 3.84. The molecular weight excluding hydrogens is 252 g/mol. The first kappa shape index (κ1) is 12.0. The number of para-hydroxylation sites is 1. The van der Waals surface area contributed by atoms with Gasteiger partial charge >= 0.3 is 0 Å². The number of fused-ring (bicyclic) bond motifs is 5. The maximum Gasteiger partial charge on any atom is 0.223 e. The van der Waals surface area contributed by atoms with E-state index in [0.717, 1.165) is 24.8 Å². The van der Waals surface area contributed by atoms with Crippen LogP contribution in [-0.2, 0) is 11.2 Å². The Morgan fingerprint density at radius 1 is 1.35 bits per heavy atom. The fourth-order valence-corrected chi connectivity index (χ4v) is 3.84. The van der Waals surface area contributed by atoms with Crippen molar-refractivity contribution in [2.24, 2.45) is 0 Å². The molecule has 1 aromatic carbocycles. The molecule has 0 aliphatic carbocycles. The second kappa shape index (κ2) is 4.35. The number of rotatable bonds is 1. The van der Waals surface area contributed by atoms with Crippen LogP contribution < -0.4 is 0 Å². The SMILES string of the molecule is O=C1CCC[C@H]2c3[nH]c4ccccc4c3C[C@H](CO)N12. The molecule has 2 atom stereocenters. The zero-order chi connectivity index (χ0) is 13.7. The lowest BCUT2D eigenvalue weighted by atomic mass is 9.86. The summed E-state index contributed by atoms with van der Waals surface area (Å²) in [6.07, 6.45) is 3.29. The summed E-state index contributed by atoms with van der Waals surface area (Å²) >= 11 is 0. The molecule has 4 heteroatoms. The first-order valence-corrected chi connectivity index (χ1v) is 7.31. The van der Waals surface area contributed by atoms with Crippen LogP contribution in [0.4, 0.5) is 0 Å². The van der Waals surface area contributed by atoms with E-state index in [1.807, 2.05) is 17.0 Å². The highest BCUT2D eigenvalue weighted by molar-refractivity contribution is 5.86. The Hall–Kier alpha value is -1.81. The number of aromatic nitrogens is 1. The average molecular weight is 270 g/mol. The van der Waals surface area contributed by atoms with E-state index < -0.39 is 0 Å². The summed E-state index contributed by atoms with van der Waals surface area (Å²) in [7, 11) is 0. The molecule has 1 fully saturated rings. The lowest BCUT2D eigenvalue weighted by molar-refractivity contribution is -0.141. The van der Waals surface area contributed by atoms with E-state index in [4.69, 9.17) is 0 Å². The molecule has 20 heavy (non-hydrogen) atoms. The van der Waals surface area contributed by atoms with E-state index in [-0.39, 0.29) is 24.6 Å². The summed E-state index contributed by atoms with van der Waals surface area (Å²) in [5.41, 5.74) is 3.61. The Labute approximate surface area is 117 Å². The largest absolute Gasteiger partial charge is 0.394 e. The van der Waals surface area contributed by atoms with Crippen molar-refractivity contribution >= 4 is 16.8 Å². The lowest BCUT2D eigenvalue weighted by Crippen LogP contribution is -2.50. The quantitative estimate of drug-likeness (QED) is 0.834. The molecule has 3 heterocycles. The van der Waals surface area contributed by atoms with Crippen LogP contribution in [-0.4, -0.2) is 33.5 Å². The van der Waals surface area contributed by atoms with Gasteiger partial charge in [0.05, 0.1) is 18.7 Å². The topological polar surface area (TPSA) is 56.3 Å². The second-order valence-corrected chi connectivity index (χ2v) is 5.81. The predicted octanol–water partition coefficient (Wildman–Crippen LogP) is 2.14. The molecule has 0 unspecified atom stereocenters. The summed E-state index contributed by atoms with van der Waals surface area (Å²) in [5, 5.41) is 10.9. The summed E-state index contributed by atoms with van der Waals surface area (Å²) in [5.74, 6) is 0.185. The number of benzene rings is 1.